The predicted molar refractivity (Wildman–Crippen MR) is 175 cm³/mol. The molecule has 1 saturated carbocycles. The van der Waals surface area contributed by atoms with Gasteiger partial charge in [0.05, 0.1) is 37.6 Å². The van der Waals surface area contributed by atoms with Gasteiger partial charge >= 0.3 is 5.97 Å². The molecule has 2 heterocycles. The van der Waals surface area contributed by atoms with Crippen molar-refractivity contribution in [2.45, 2.75) is 63.5 Å². The summed E-state index contributed by atoms with van der Waals surface area (Å²) < 4.78 is 17.9. The average Bonchev–Trinajstić information content (AvgIpc) is 3.57. The van der Waals surface area contributed by atoms with Crippen LogP contribution in [0, 0.1) is 13.8 Å². The molecule has 8 nitrogen and oxygen atoms in total. The summed E-state index contributed by atoms with van der Waals surface area (Å²) in [6.07, 6.45) is 6.24. The Balaban J connectivity index is 1.53. The first kappa shape index (κ1) is 31.2. The van der Waals surface area contributed by atoms with E-state index in [1.54, 1.807) is 24.9 Å². The molecule has 0 unspecified atom stereocenters. The monoisotopic (exact) mass is 641 g/mol. The lowest BCUT2D eigenvalue weighted by molar-refractivity contribution is -0.141. The number of aromatic nitrogens is 2. The molecule has 0 spiro atoms. The molecule has 0 aliphatic heterocycles. The van der Waals surface area contributed by atoms with Crippen molar-refractivity contribution in [2.24, 2.45) is 0 Å². The van der Waals surface area contributed by atoms with E-state index in [9.17, 15) is 9.59 Å². The number of rotatable bonds is 10. The fraction of sp³-hybridized carbons (Fsp3) is 0.406. The number of nitrogens with one attached hydrogen (secondary N) is 1. The second kappa shape index (κ2) is 13.6. The topological polar surface area (TPSA) is 91.7 Å². The number of benzene rings is 2. The molecule has 1 aliphatic carbocycles. The number of ether oxygens (including phenoxy) is 3. The number of hydrogen-bond acceptors (Lipinski definition) is 8. The number of thiazole rings is 1. The molecule has 11 heteroatoms. The number of methoxy groups -OCH3 is 3. The molecule has 1 fully saturated rings. The Morgan fingerprint density at radius 3 is 2.49 bits per heavy atom. The van der Waals surface area contributed by atoms with E-state index >= 15 is 0 Å². The van der Waals surface area contributed by atoms with Crippen LogP contribution in [0.1, 0.15) is 58.6 Å². The Morgan fingerprint density at radius 2 is 1.79 bits per heavy atom. The van der Waals surface area contributed by atoms with Crippen LogP contribution in [-0.4, -0.2) is 48.0 Å². The Labute approximate surface area is 265 Å². The van der Waals surface area contributed by atoms with Crippen LogP contribution in [-0.2, 0) is 21.8 Å². The molecular formula is C32H36ClN3O5S2. The first-order valence-electron chi connectivity index (χ1n) is 14.2. The van der Waals surface area contributed by atoms with Gasteiger partial charge in [0.1, 0.15) is 23.7 Å². The van der Waals surface area contributed by atoms with Gasteiger partial charge in [-0.05, 0) is 50.5 Å². The Kier molecular flexibility index (Phi) is 9.88. The summed E-state index contributed by atoms with van der Waals surface area (Å²) in [7, 11) is 4.51. The van der Waals surface area contributed by atoms with Crippen LogP contribution in [0.2, 0.25) is 5.02 Å². The quantitative estimate of drug-likeness (QED) is 0.175. The maximum atomic E-state index is 13.8. The minimum Gasteiger partial charge on any atom is -0.496 e. The second-order valence-electron chi connectivity index (χ2n) is 10.7. The van der Waals surface area contributed by atoms with E-state index < -0.39 is 5.97 Å². The predicted octanol–water partition coefficient (Wildman–Crippen LogP) is 8.04. The van der Waals surface area contributed by atoms with E-state index in [2.05, 4.69) is 5.32 Å². The highest BCUT2D eigenvalue weighted by Gasteiger charge is 2.24. The number of amides is 1. The number of nitrogens with zero attached hydrogens (tertiary/aromatic N) is 2. The van der Waals surface area contributed by atoms with Crippen molar-refractivity contribution in [1.29, 1.82) is 0 Å². The fourth-order valence-electron chi connectivity index (χ4n) is 5.71. The SMILES string of the molecule is COC(=O)Cn1c(C(=O)Nc2nc(-c3cc(OC)c(Cl)cc3OC)c(CSC3CCCCC3)s2)cc2cc(C)cc(C)c21. The van der Waals surface area contributed by atoms with Crippen LogP contribution in [0.25, 0.3) is 22.2 Å². The molecule has 0 radical (unpaired) electrons. The van der Waals surface area contributed by atoms with Crippen LogP contribution in [0.15, 0.2) is 30.3 Å². The Hall–Kier alpha value is -3.21. The van der Waals surface area contributed by atoms with Crippen molar-refractivity contribution in [3.05, 3.63) is 57.1 Å². The summed E-state index contributed by atoms with van der Waals surface area (Å²) in [5.74, 6) is 1.04. The third-order valence-corrected chi connectivity index (χ3v) is 10.6. The smallest absolute Gasteiger partial charge is 0.325 e. The van der Waals surface area contributed by atoms with Gasteiger partial charge in [0, 0.05) is 32.9 Å². The van der Waals surface area contributed by atoms with Crippen molar-refractivity contribution in [2.75, 3.05) is 26.6 Å². The summed E-state index contributed by atoms with van der Waals surface area (Å²) in [6.45, 7) is 3.90. The molecule has 0 bridgehead atoms. The molecule has 0 saturated heterocycles. The normalized spacial score (nSPS) is 13.7. The van der Waals surface area contributed by atoms with E-state index in [0.717, 1.165) is 43.9 Å². The molecule has 1 amide bonds. The maximum Gasteiger partial charge on any atom is 0.325 e. The number of thioether (sulfide) groups is 1. The minimum absolute atomic E-state index is 0.0825. The third kappa shape index (κ3) is 6.81. The Bertz CT molecular complexity index is 1660. The summed E-state index contributed by atoms with van der Waals surface area (Å²) >= 11 is 9.79. The van der Waals surface area contributed by atoms with Gasteiger partial charge in [-0.2, -0.15) is 11.8 Å². The third-order valence-electron chi connectivity index (χ3n) is 7.72. The fourth-order valence-corrected chi connectivity index (χ4v) is 8.34. The second-order valence-corrected chi connectivity index (χ2v) is 13.5. The van der Waals surface area contributed by atoms with Crippen molar-refractivity contribution >= 4 is 62.6 Å². The largest absolute Gasteiger partial charge is 0.496 e. The molecule has 1 aliphatic rings. The molecular weight excluding hydrogens is 606 g/mol. The standard InChI is InChI=1S/C32H36ClN3O5S2/c1-18-11-19(2)30-20(12-18)13-24(36(30)16-28(37)41-5)31(38)35-32-34-29(22-14-26(40-4)23(33)15-25(22)39-3)27(43-32)17-42-21-9-7-6-8-10-21/h11-15,21H,6-10,16-17H2,1-5H3,(H,34,35,38). The number of esters is 1. The summed E-state index contributed by atoms with van der Waals surface area (Å²) in [6, 6.07) is 9.41. The highest BCUT2D eigenvalue weighted by atomic mass is 35.5. The van der Waals surface area contributed by atoms with E-state index in [0.29, 0.717) is 32.6 Å². The lowest BCUT2D eigenvalue weighted by atomic mass is 10.0. The van der Waals surface area contributed by atoms with Gasteiger partial charge in [-0.15, -0.1) is 11.3 Å². The van der Waals surface area contributed by atoms with Crippen molar-refractivity contribution < 1.29 is 23.8 Å². The van der Waals surface area contributed by atoms with Crippen LogP contribution < -0.4 is 14.8 Å². The molecule has 4 aromatic rings. The van der Waals surface area contributed by atoms with Gasteiger partial charge in [-0.1, -0.05) is 42.5 Å². The van der Waals surface area contributed by atoms with E-state index in [1.165, 1.54) is 50.6 Å². The van der Waals surface area contributed by atoms with Gasteiger partial charge in [0.2, 0.25) is 0 Å². The van der Waals surface area contributed by atoms with Gasteiger partial charge in [-0.3, -0.25) is 14.9 Å². The number of anilines is 1. The highest BCUT2D eigenvalue weighted by Crippen LogP contribution is 2.44. The summed E-state index contributed by atoms with van der Waals surface area (Å²) in [5.41, 5.74) is 4.69. The van der Waals surface area contributed by atoms with Gasteiger partial charge < -0.3 is 18.8 Å². The van der Waals surface area contributed by atoms with Crippen LogP contribution in [0.3, 0.4) is 0 Å². The van der Waals surface area contributed by atoms with Crippen molar-refractivity contribution in [3.63, 3.8) is 0 Å². The summed E-state index contributed by atoms with van der Waals surface area (Å²) in [5, 5.41) is 5.40. The lowest BCUT2D eigenvalue weighted by Gasteiger charge is -2.20. The zero-order valence-corrected chi connectivity index (χ0v) is 27.4. The van der Waals surface area contributed by atoms with Gasteiger partial charge in [0.25, 0.3) is 5.91 Å². The number of fused-ring (bicyclic) bond motifs is 1. The first-order valence-corrected chi connectivity index (χ1v) is 16.5. The number of hydrogen-bond donors (Lipinski definition) is 1. The van der Waals surface area contributed by atoms with Gasteiger partial charge in [0.15, 0.2) is 5.13 Å². The zero-order chi connectivity index (χ0) is 30.7. The van der Waals surface area contributed by atoms with Crippen molar-refractivity contribution in [3.8, 4) is 22.8 Å². The van der Waals surface area contributed by atoms with Crippen LogP contribution in [0.5, 0.6) is 11.5 Å². The minimum atomic E-state index is -0.436. The highest BCUT2D eigenvalue weighted by molar-refractivity contribution is 7.99. The number of carbonyl (C=O) groups is 2. The van der Waals surface area contributed by atoms with E-state index in [-0.39, 0.29) is 12.5 Å². The molecule has 1 N–H and O–H groups in total. The average molecular weight is 642 g/mol. The van der Waals surface area contributed by atoms with Crippen LogP contribution >= 0.6 is 34.7 Å². The first-order chi connectivity index (χ1) is 20.7. The maximum absolute atomic E-state index is 13.8. The van der Waals surface area contributed by atoms with Crippen LogP contribution in [0.4, 0.5) is 5.13 Å². The zero-order valence-electron chi connectivity index (χ0n) is 25.0. The number of halogens is 1. The Morgan fingerprint density at radius 1 is 1.05 bits per heavy atom. The number of aryl methyl sites for hydroxylation is 2. The summed E-state index contributed by atoms with van der Waals surface area (Å²) in [4.78, 5) is 32.1. The van der Waals surface area contributed by atoms with Crippen molar-refractivity contribution in [1.82, 2.24) is 9.55 Å². The molecule has 0 atom stereocenters. The number of carbonyl (C=O) groups excluding carboxylic acids is 2. The van der Waals surface area contributed by atoms with E-state index in [4.69, 9.17) is 30.8 Å². The molecule has 5 rings (SSSR count). The molecule has 2 aromatic carbocycles. The van der Waals surface area contributed by atoms with E-state index in [1.807, 2.05) is 49.9 Å². The van der Waals surface area contributed by atoms with Gasteiger partial charge in [-0.25, -0.2) is 4.98 Å². The molecule has 43 heavy (non-hydrogen) atoms. The lowest BCUT2D eigenvalue weighted by Crippen LogP contribution is -2.20. The molecule has 2 aromatic heterocycles. The molecule has 228 valence electrons.